The molecule has 20 heavy (non-hydrogen) atoms. The van der Waals surface area contributed by atoms with Crippen LogP contribution in [0, 0.1) is 0 Å². The summed E-state index contributed by atoms with van der Waals surface area (Å²) in [6.45, 7) is 6.54. The van der Waals surface area contributed by atoms with Gasteiger partial charge in [0, 0.05) is 10.4 Å². The molecule has 112 valence electrons. The molecule has 0 radical (unpaired) electrons. The third-order valence-electron chi connectivity index (χ3n) is 3.29. The van der Waals surface area contributed by atoms with Crippen molar-refractivity contribution in [3.63, 3.8) is 0 Å². The fraction of sp³-hybridized carbons (Fsp3) is 0.533. The fourth-order valence-electron chi connectivity index (χ4n) is 1.50. The fourth-order valence-corrected chi connectivity index (χ4v) is 2.32. The van der Waals surface area contributed by atoms with Gasteiger partial charge in [0.1, 0.15) is 17.9 Å². The highest BCUT2D eigenvalue weighted by atomic mass is 32.2. The number of rotatable bonds is 7. The number of aromatic carboxylic acids is 1. The lowest BCUT2D eigenvalue weighted by molar-refractivity contribution is 0.0680. The minimum atomic E-state index is -0.945. The van der Waals surface area contributed by atoms with Crippen molar-refractivity contribution < 1.29 is 14.6 Å². The minimum absolute atomic E-state index is 0.163. The summed E-state index contributed by atoms with van der Waals surface area (Å²) >= 11 is 1.51. The summed E-state index contributed by atoms with van der Waals surface area (Å²) in [6.07, 6.45) is 0. The number of carboxylic acid groups (broad SMARTS) is 1. The second-order valence-corrected chi connectivity index (χ2v) is 6.67. The molecule has 0 heterocycles. The quantitative estimate of drug-likeness (QED) is 0.783. The van der Waals surface area contributed by atoms with Crippen LogP contribution < -0.4 is 4.74 Å². The highest BCUT2D eigenvalue weighted by Crippen LogP contribution is 2.30. The molecule has 0 saturated carbocycles. The van der Waals surface area contributed by atoms with Crippen molar-refractivity contribution in [2.75, 3.05) is 26.5 Å². The Balaban J connectivity index is 3.00. The maximum Gasteiger partial charge on any atom is 0.340 e. The van der Waals surface area contributed by atoms with Gasteiger partial charge < -0.3 is 14.7 Å². The molecule has 0 spiro atoms. The monoisotopic (exact) mass is 297 g/mol. The number of ether oxygens (including phenoxy) is 1. The summed E-state index contributed by atoms with van der Waals surface area (Å²) in [5.41, 5.74) is 0.0952. The van der Waals surface area contributed by atoms with Crippen molar-refractivity contribution in [1.82, 2.24) is 4.90 Å². The number of benzene rings is 1. The summed E-state index contributed by atoms with van der Waals surface area (Å²) in [4.78, 5) is 14.3. The van der Waals surface area contributed by atoms with Crippen LogP contribution in [0.5, 0.6) is 5.75 Å². The van der Waals surface area contributed by atoms with Gasteiger partial charge in [0.05, 0.1) is 0 Å². The molecule has 0 saturated heterocycles. The number of hydrogen-bond donors (Lipinski definition) is 1. The molecule has 0 fully saturated rings. The van der Waals surface area contributed by atoms with Gasteiger partial charge in [-0.25, -0.2) is 4.79 Å². The van der Waals surface area contributed by atoms with E-state index >= 15 is 0 Å². The molecule has 0 aromatic heterocycles. The van der Waals surface area contributed by atoms with Crippen LogP contribution in [0.15, 0.2) is 23.1 Å². The van der Waals surface area contributed by atoms with Crippen LogP contribution in [-0.4, -0.2) is 48.0 Å². The first-order valence-corrected chi connectivity index (χ1v) is 7.57. The Labute approximate surface area is 125 Å². The number of thioether (sulfide) groups is 1. The molecule has 0 unspecified atom stereocenters. The molecule has 0 amide bonds. The first-order chi connectivity index (χ1) is 9.29. The van der Waals surface area contributed by atoms with Crippen molar-refractivity contribution in [2.45, 2.75) is 31.2 Å². The van der Waals surface area contributed by atoms with Crippen molar-refractivity contribution in [3.05, 3.63) is 23.8 Å². The number of hydrogen-bond acceptors (Lipinski definition) is 4. The van der Waals surface area contributed by atoms with Gasteiger partial charge in [0.15, 0.2) is 0 Å². The second kappa shape index (κ2) is 6.99. The van der Waals surface area contributed by atoms with Crippen molar-refractivity contribution in [2.24, 2.45) is 0 Å². The van der Waals surface area contributed by atoms with E-state index in [1.807, 2.05) is 33.2 Å². The number of carboxylic acids is 1. The molecular formula is C15H23NO3S. The van der Waals surface area contributed by atoms with Gasteiger partial charge >= 0.3 is 5.97 Å². The molecule has 0 aliphatic rings. The summed E-state index contributed by atoms with van der Waals surface area (Å²) < 4.78 is 5.78. The Bertz CT molecular complexity index is 472. The second-order valence-electron chi connectivity index (χ2n) is 5.36. The summed E-state index contributed by atoms with van der Waals surface area (Å²) in [7, 11) is 3.95. The van der Waals surface area contributed by atoms with Gasteiger partial charge in [-0.05, 0) is 45.8 Å². The summed E-state index contributed by atoms with van der Waals surface area (Å²) in [5.74, 6) is 0.317. The van der Waals surface area contributed by atoms with E-state index in [4.69, 9.17) is 4.74 Å². The number of carbonyl (C=O) groups is 1. The van der Waals surface area contributed by atoms with Gasteiger partial charge in [0.25, 0.3) is 0 Å². The minimum Gasteiger partial charge on any atom is -0.491 e. The standard InChI is InChI=1S/C15H23NO3S/c1-6-20-12-9-7-8-11(13(12)14(17)18)19-10-15(2,3)16(4)5/h7-9H,6,10H2,1-5H3,(H,17,18). The average Bonchev–Trinajstić information content (AvgIpc) is 2.36. The molecule has 0 aliphatic heterocycles. The van der Waals surface area contributed by atoms with Gasteiger partial charge in [-0.15, -0.1) is 11.8 Å². The van der Waals surface area contributed by atoms with E-state index in [1.54, 1.807) is 6.07 Å². The summed E-state index contributed by atoms with van der Waals surface area (Å²) in [5, 5.41) is 9.41. The van der Waals surface area contributed by atoms with Gasteiger partial charge in [-0.3, -0.25) is 0 Å². The molecule has 1 aromatic rings. The Morgan fingerprint density at radius 1 is 1.40 bits per heavy atom. The number of nitrogens with zero attached hydrogens (tertiary/aromatic N) is 1. The van der Waals surface area contributed by atoms with Gasteiger partial charge in [-0.1, -0.05) is 13.0 Å². The third-order valence-corrected chi connectivity index (χ3v) is 4.23. The van der Waals surface area contributed by atoms with Crippen LogP contribution in [0.3, 0.4) is 0 Å². The largest absolute Gasteiger partial charge is 0.491 e. The van der Waals surface area contributed by atoms with Crippen molar-refractivity contribution >= 4 is 17.7 Å². The zero-order chi connectivity index (χ0) is 15.3. The molecule has 0 atom stereocenters. The smallest absolute Gasteiger partial charge is 0.340 e. The van der Waals surface area contributed by atoms with Crippen molar-refractivity contribution in [3.8, 4) is 5.75 Å². The Morgan fingerprint density at radius 3 is 2.55 bits per heavy atom. The molecule has 1 aromatic carbocycles. The molecule has 0 aliphatic carbocycles. The number of likely N-dealkylation sites (N-methyl/N-ethyl adjacent to an activating group) is 1. The first kappa shape index (κ1) is 16.9. The zero-order valence-electron chi connectivity index (χ0n) is 12.8. The van der Waals surface area contributed by atoms with Crippen LogP contribution in [0.1, 0.15) is 31.1 Å². The topological polar surface area (TPSA) is 49.8 Å². The highest BCUT2D eigenvalue weighted by molar-refractivity contribution is 7.99. The predicted molar refractivity (Wildman–Crippen MR) is 83.1 cm³/mol. The van der Waals surface area contributed by atoms with Crippen LogP contribution in [0.25, 0.3) is 0 Å². The van der Waals surface area contributed by atoms with Crippen LogP contribution >= 0.6 is 11.8 Å². The molecule has 5 heteroatoms. The van der Waals surface area contributed by atoms with Crippen molar-refractivity contribution in [1.29, 1.82) is 0 Å². The van der Waals surface area contributed by atoms with E-state index in [0.717, 1.165) is 10.6 Å². The lowest BCUT2D eigenvalue weighted by Gasteiger charge is -2.32. The Morgan fingerprint density at radius 2 is 2.05 bits per heavy atom. The molecular weight excluding hydrogens is 274 g/mol. The van der Waals surface area contributed by atoms with E-state index in [9.17, 15) is 9.90 Å². The van der Waals surface area contributed by atoms with Crippen LogP contribution in [0.2, 0.25) is 0 Å². The molecule has 1 rings (SSSR count). The SMILES string of the molecule is CCSc1cccc(OCC(C)(C)N(C)C)c1C(=O)O. The van der Waals surface area contributed by atoms with E-state index in [0.29, 0.717) is 12.4 Å². The summed E-state index contributed by atoms with van der Waals surface area (Å²) in [6, 6.07) is 5.37. The molecule has 4 nitrogen and oxygen atoms in total. The van der Waals surface area contributed by atoms with E-state index in [2.05, 4.69) is 18.7 Å². The average molecular weight is 297 g/mol. The predicted octanol–water partition coefficient (Wildman–Crippen LogP) is 3.22. The zero-order valence-corrected chi connectivity index (χ0v) is 13.6. The maximum absolute atomic E-state index is 11.5. The van der Waals surface area contributed by atoms with Crippen LogP contribution in [0.4, 0.5) is 0 Å². The lowest BCUT2D eigenvalue weighted by atomic mass is 10.1. The van der Waals surface area contributed by atoms with E-state index < -0.39 is 5.97 Å². The van der Waals surface area contributed by atoms with Gasteiger partial charge in [0.2, 0.25) is 0 Å². The molecule has 1 N–H and O–H groups in total. The van der Waals surface area contributed by atoms with E-state index in [1.165, 1.54) is 11.8 Å². The normalized spacial score (nSPS) is 11.7. The Kier molecular flexibility index (Phi) is 5.89. The van der Waals surface area contributed by atoms with Crippen LogP contribution in [-0.2, 0) is 0 Å². The lowest BCUT2D eigenvalue weighted by Crippen LogP contribution is -2.43. The first-order valence-electron chi connectivity index (χ1n) is 6.59. The van der Waals surface area contributed by atoms with E-state index in [-0.39, 0.29) is 11.1 Å². The third kappa shape index (κ3) is 4.15. The highest BCUT2D eigenvalue weighted by Gasteiger charge is 2.23. The Hall–Kier alpha value is -1.20. The van der Waals surface area contributed by atoms with Gasteiger partial charge in [-0.2, -0.15) is 0 Å². The maximum atomic E-state index is 11.5. The molecule has 0 bridgehead atoms.